The van der Waals surface area contributed by atoms with Gasteiger partial charge in [-0.3, -0.25) is 14.4 Å². The number of carboxylic acid groups (broad SMARTS) is 1. The Bertz CT molecular complexity index is 1380. The van der Waals surface area contributed by atoms with E-state index in [0.29, 0.717) is 17.8 Å². The number of rotatable bonds is 8. The standard InChI is InChI=1S/C29H33ClF4N4O5/c1-16(2)23(35-24(39)18(4)22(31)9-6-17(3)29(32,33)34)25(40)37-12-10-28(11-13-37)27(43)36(5)15-38(28)19-7-8-20(26(41)42)21(30)14-19/h6-9,14,16,23H,4,10-13,15H2,1-3,5H3,(H,35,39)(H,41,42). The summed E-state index contributed by atoms with van der Waals surface area (Å²) in [5.41, 5.74) is -2.34. The van der Waals surface area contributed by atoms with Crippen molar-refractivity contribution >= 4 is 41.0 Å². The van der Waals surface area contributed by atoms with E-state index in [1.807, 2.05) is 4.90 Å². The summed E-state index contributed by atoms with van der Waals surface area (Å²) in [6, 6.07) is 3.33. The number of piperidine rings is 1. The minimum atomic E-state index is -4.66. The molecule has 1 aromatic rings. The van der Waals surface area contributed by atoms with Crippen molar-refractivity contribution in [2.24, 2.45) is 5.92 Å². The van der Waals surface area contributed by atoms with Crippen LogP contribution in [-0.4, -0.2) is 83.2 Å². The van der Waals surface area contributed by atoms with Gasteiger partial charge in [-0.25, -0.2) is 9.18 Å². The summed E-state index contributed by atoms with van der Waals surface area (Å²) in [5, 5.41) is 11.8. The zero-order valence-corrected chi connectivity index (χ0v) is 24.9. The summed E-state index contributed by atoms with van der Waals surface area (Å²) in [7, 11) is 1.64. The largest absolute Gasteiger partial charge is 0.478 e. The lowest BCUT2D eigenvalue weighted by Crippen LogP contribution is -2.60. The van der Waals surface area contributed by atoms with Crippen LogP contribution < -0.4 is 10.2 Å². The van der Waals surface area contributed by atoms with E-state index in [2.05, 4.69) is 11.9 Å². The van der Waals surface area contributed by atoms with Gasteiger partial charge in [-0.1, -0.05) is 38.1 Å². The van der Waals surface area contributed by atoms with Gasteiger partial charge < -0.3 is 25.1 Å². The van der Waals surface area contributed by atoms with Crippen LogP contribution in [0.5, 0.6) is 0 Å². The number of nitrogens with one attached hydrogen (secondary N) is 1. The highest BCUT2D eigenvalue weighted by Crippen LogP contribution is 2.40. The average molecular weight is 629 g/mol. The molecule has 2 saturated heterocycles. The number of amides is 3. The third-order valence-electron chi connectivity index (χ3n) is 7.72. The molecular formula is C29H33ClF4N4O5. The van der Waals surface area contributed by atoms with E-state index in [0.717, 1.165) is 6.92 Å². The summed E-state index contributed by atoms with van der Waals surface area (Å²) in [5.74, 6) is -4.59. The molecule has 2 heterocycles. The molecule has 2 aliphatic heterocycles. The number of carboxylic acids is 1. The zero-order chi connectivity index (χ0) is 32.4. The normalized spacial score (nSPS) is 18.4. The summed E-state index contributed by atoms with van der Waals surface area (Å²) < 4.78 is 52.4. The number of benzene rings is 1. The number of carbonyl (C=O) groups is 4. The Kier molecular flexibility index (Phi) is 10.00. The quantitative estimate of drug-likeness (QED) is 0.246. The molecule has 3 amide bonds. The molecule has 14 heteroatoms. The molecule has 1 unspecified atom stereocenters. The van der Waals surface area contributed by atoms with Gasteiger partial charge in [0.25, 0.3) is 5.91 Å². The summed E-state index contributed by atoms with van der Waals surface area (Å²) in [6.45, 7) is 7.92. The van der Waals surface area contributed by atoms with Crippen LogP contribution in [0.2, 0.25) is 5.02 Å². The first-order chi connectivity index (χ1) is 19.9. The van der Waals surface area contributed by atoms with E-state index >= 15 is 0 Å². The third-order valence-corrected chi connectivity index (χ3v) is 8.03. The first-order valence-corrected chi connectivity index (χ1v) is 13.7. The Labute approximate surface area is 251 Å². The Morgan fingerprint density at radius 3 is 2.28 bits per heavy atom. The lowest BCUT2D eigenvalue weighted by Gasteiger charge is -2.44. The molecule has 2 N–H and O–H groups in total. The lowest BCUT2D eigenvalue weighted by atomic mass is 9.85. The van der Waals surface area contributed by atoms with Crippen molar-refractivity contribution in [1.82, 2.24) is 15.1 Å². The Morgan fingerprint density at radius 2 is 1.77 bits per heavy atom. The van der Waals surface area contributed by atoms with Gasteiger partial charge in [-0.2, -0.15) is 13.2 Å². The maximum Gasteiger partial charge on any atom is 0.412 e. The molecule has 0 radical (unpaired) electrons. The second-order valence-electron chi connectivity index (χ2n) is 10.9. The van der Waals surface area contributed by atoms with Crippen LogP contribution in [0.15, 0.2) is 53.9 Å². The smallest absolute Gasteiger partial charge is 0.412 e. The highest BCUT2D eigenvalue weighted by molar-refractivity contribution is 6.33. The Morgan fingerprint density at radius 1 is 1.16 bits per heavy atom. The van der Waals surface area contributed by atoms with Crippen molar-refractivity contribution in [1.29, 1.82) is 0 Å². The molecule has 0 bridgehead atoms. The van der Waals surface area contributed by atoms with Crippen molar-refractivity contribution in [3.63, 3.8) is 0 Å². The Hall–Kier alpha value is -3.87. The predicted octanol–water partition coefficient (Wildman–Crippen LogP) is 4.69. The monoisotopic (exact) mass is 628 g/mol. The topological polar surface area (TPSA) is 110 Å². The minimum Gasteiger partial charge on any atom is -0.478 e. The van der Waals surface area contributed by atoms with Crippen molar-refractivity contribution in [3.05, 3.63) is 64.5 Å². The SMILES string of the molecule is C=C(C(=O)NC(C(=O)N1CCC2(CC1)C(=O)N(C)CN2c1ccc(C(=O)O)c(Cl)c1)C(C)C)C(F)=CC=C(C)C(F)(F)F. The highest BCUT2D eigenvalue weighted by Gasteiger charge is 2.53. The van der Waals surface area contributed by atoms with Gasteiger partial charge >= 0.3 is 12.1 Å². The average Bonchev–Trinajstić information content (AvgIpc) is 3.17. The van der Waals surface area contributed by atoms with Crippen LogP contribution in [-0.2, 0) is 14.4 Å². The van der Waals surface area contributed by atoms with E-state index in [1.165, 1.54) is 21.9 Å². The maximum absolute atomic E-state index is 14.4. The Balaban J connectivity index is 1.75. The van der Waals surface area contributed by atoms with Gasteiger partial charge in [-0.05, 0) is 50.0 Å². The van der Waals surface area contributed by atoms with Crippen molar-refractivity contribution < 1.29 is 41.8 Å². The van der Waals surface area contributed by atoms with Gasteiger partial charge in [0, 0.05) is 31.4 Å². The van der Waals surface area contributed by atoms with Crippen LogP contribution in [0.25, 0.3) is 0 Å². The first-order valence-electron chi connectivity index (χ1n) is 13.4. The van der Waals surface area contributed by atoms with Gasteiger partial charge in [0.1, 0.15) is 17.4 Å². The van der Waals surface area contributed by atoms with Crippen molar-refractivity contribution in [3.8, 4) is 0 Å². The number of alkyl halides is 3. The third kappa shape index (κ3) is 7.03. The highest BCUT2D eigenvalue weighted by atomic mass is 35.5. The van der Waals surface area contributed by atoms with E-state index in [9.17, 15) is 41.8 Å². The maximum atomic E-state index is 14.4. The van der Waals surface area contributed by atoms with Crippen molar-refractivity contribution in [2.75, 3.05) is 31.7 Å². The number of hydrogen-bond donors (Lipinski definition) is 2. The molecule has 43 heavy (non-hydrogen) atoms. The number of aromatic carboxylic acids is 1. The minimum absolute atomic E-state index is 0.0182. The molecule has 2 aliphatic rings. The molecule has 1 spiro atoms. The van der Waals surface area contributed by atoms with E-state index in [-0.39, 0.29) is 49.1 Å². The molecule has 1 aromatic carbocycles. The number of anilines is 1. The van der Waals surface area contributed by atoms with Crippen molar-refractivity contribution in [2.45, 2.75) is 51.4 Å². The molecule has 3 rings (SSSR count). The number of likely N-dealkylation sites (N-methyl/N-ethyl adjacent to an activating group) is 1. The number of halogens is 5. The number of allylic oxidation sites excluding steroid dienone is 3. The van der Waals surface area contributed by atoms with Crippen LogP contribution >= 0.6 is 11.6 Å². The number of likely N-dealkylation sites (tertiary alicyclic amines) is 1. The predicted molar refractivity (Wildman–Crippen MR) is 152 cm³/mol. The number of nitrogens with zero attached hydrogens (tertiary/aromatic N) is 3. The molecule has 1 atom stereocenters. The number of hydrogen-bond acceptors (Lipinski definition) is 5. The summed E-state index contributed by atoms with van der Waals surface area (Å²) in [4.78, 5) is 55.8. The molecule has 9 nitrogen and oxygen atoms in total. The molecule has 0 saturated carbocycles. The summed E-state index contributed by atoms with van der Waals surface area (Å²) in [6.07, 6.45) is -3.22. The van der Waals surface area contributed by atoms with Crippen LogP contribution in [0.3, 0.4) is 0 Å². The molecule has 0 aromatic heterocycles. The fourth-order valence-electron chi connectivity index (χ4n) is 5.08. The van der Waals surface area contributed by atoms with Gasteiger partial charge in [0.15, 0.2) is 0 Å². The van der Waals surface area contributed by atoms with Crippen LogP contribution in [0.4, 0.5) is 23.2 Å². The second-order valence-corrected chi connectivity index (χ2v) is 11.3. The van der Waals surface area contributed by atoms with Gasteiger partial charge in [-0.15, -0.1) is 0 Å². The van der Waals surface area contributed by atoms with E-state index in [4.69, 9.17) is 11.6 Å². The fraction of sp³-hybridized carbons (Fsp3) is 0.448. The lowest BCUT2D eigenvalue weighted by molar-refractivity contribution is -0.141. The van der Waals surface area contributed by atoms with Crippen LogP contribution in [0, 0.1) is 5.92 Å². The zero-order valence-electron chi connectivity index (χ0n) is 24.1. The molecular weight excluding hydrogens is 596 g/mol. The number of carbonyl (C=O) groups excluding carboxylic acids is 3. The molecule has 234 valence electrons. The second kappa shape index (κ2) is 12.8. The first kappa shape index (κ1) is 33.6. The van der Waals surface area contributed by atoms with E-state index < -0.39 is 58.4 Å². The van der Waals surface area contributed by atoms with Crippen LogP contribution in [0.1, 0.15) is 44.0 Å². The fourth-order valence-corrected chi connectivity index (χ4v) is 5.33. The summed E-state index contributed by atoms with van der Waals surface area (Å²) >= 11 is 6.19. The van der Waals surface area contributed by atoms with Gasteiger partial charge in [0.2, 0.25) is 11.8 Å². The molecule has 0 aliphatic carbocycles. The van der Waals surface area contributed by atoms with Gasteiger partial charge in [0.05, 0.1) is 22.8 Å². The van der Waals surface area contributed by atoms with E-state index in [1.54, 1.807) is 27.0 Å². The molecule has 2 fully saturated rings.